The van der Waals surface area contributed by atoms with Gasteiger partial charge in [-0.15, -0.1) is 0 Å². The van der Waals surface area contributed by atoms with Crippen LogP contribution in [0.2, 0.25) is 0 Å². The number of hydrogen-bond donors (Lipinski definition) is 0. The molecule has 0 nitrogen and oxygen atoms in total. The summed E-state index contributed by atoms with van der Waals surface area (Å²) in [6.07, 6.45) is 6.70. The first kappa shape index (κ1) is 14.0. The second kappa shape index (κ2) is 5.27. The van der Waals surface area contributed by atoms with Crippen molar-refractivity contribution < 1.29 is 0 Å². The van der Waals surface area contributed by atoms with Crippen LogP contribution in [-0.4, -0.2) is 0 Å². The van der Waals surface area contributed by atoms with Crippen LogP contribution in [0, 0.1) is 11.8 Å². The molecular weight excluding hydrogens is 263 g/mol. The normalized spacial score (nSPS) is 28.1. The monoisotopic (exact) mass is 282 g/mol. The first-order chi connectivity index (χ1) is 8.41. The first-order valence-corrected chi connectivity index (χ1v) is 7.32. The Labute approximate surface area is 120 Å². The zero-order valence-electron chi connectivity index (χ0n) is 11.5. The summed E-state index contributed by atoms with van der Waals surface area (Å²) >= 11 is 12.5. The summed E-state index contributed by atoms with van der Waals surface area (Å²) < 4.78 is 0. The molecule has 0 bridgehead atoms. The van der Waals surface area contributed by atoms with E-state index in [2.05, 4.69) is 39.8 Å². The van der Waals surface area contributed by atoms with Crippen molar-refractivity contribution in [2.75, 3.05) is 0 Å². The number of hydrogen-bond acceptors (Lipinski definition) is 0. The molecule has 0 fully saturated rings. The largest absolute Gasteiger partial charge is 0.0882 e. The molecule has 0 aliphatic heterocycles. The molecule has 0 saturated carbocycles. The van der Waals surface area contributed by atoms with Crippen molar-refractivity contribution in [2.24, 2.45) is 11.8 Å². The lowest BCUT2D eigenvalue weighted by Gasteiger charge is -2.07. The summed E-state index contributed by atoms with van der Waals surface area (Å²) in [5.41, 5.74) is 5.33. The van der Waals surface area contributed by atoms with Gasteiger partial charge in [-0.2, -0.15) is 0 Å². The topological polar surface area (TPSA) is 0 Å². The molecule has 0 heterocycles. The van der Waals surface area contributed by atoms with Crippen molar-refractivity contribution in [2.45, 2.75) is 40.5 Å². The Morgan fingerprint density at radius 2 is 1.17 bits per heavy atom. The molecule has 0 radical (unpaired) electrons. The van der Waals surface area contributed by atoms with E-state index < -0.39 is 0 Å². The maximum atomic E-state index is 6.26. The molecule has 18 heavy (non-hydrogen) atoms. The minimum absolute atomic E-state index is 0.387. The van der Waals surface area contributed by atoms with Gasteiger partial charge < -0.3 is 0 Å². The SMILES string of the molecule is CC1=C(Cl)C(C)C=C1CCC1=CC(C)C(Cl)=C1C. The van der Waals surface area contributed by atoms with Crippen LogP contribution in [0.4, 0.5) is 0 Å². The van der Waals surface area contributed by atoms with Crippen LogP contribution in [0.3, 0.4) is 0 Å². The zero-order chi connectivity index (χ0) is 13.4. The van der Waals surface area contributed by atoms with Gasteiger partial charge >= 0.3 is 0 Å². The Balaban J connectivity index is 2.04. The predicted octanol–water partition coefficient (Wildman–Crippen LogP) is 5.94. The fourth-order valence-corrected chi connectivity index (χ4v) is 3.17. The summed E-state index contributed by atoms with van der Waals surface area (Å²) in [6, 6.07) is 0. The van der Waals surface area contributed by atoms with Gasteiger partial charge in [0.1, 0.15) is 0 Å². The average Bonchev–Trinajstić information content (AvgIpc) is 2.72. The van der Waals surface area contributed by atoms with E-state index in [9.17, 15) is 0 Å². The molecule has 2 rings (SSSR count). The summed E-state index contributed by atoms with van der Waals surface area (Å²) in [6.45, 7) is 8.55. The third-order valence-electron chi connectivity index (χ3n) is 4.05. The van der Waals surface area contributed by atoms with E-state index in [1.165, 1.54) is 22.3 Å². The summed E-state index contributed by atoms with van der Waals surface area (Å²) in [5, 5.41) is 2.01. The summed E-state index contributed by atoms with van der Waals surface area (Å²) in [4.78, 5) is 0. The first-order valence-electron chi connectivity index (χ1n) is 6.56. The van der Waals surface area contributed by atoms with E-state index in [-0.39, 0.29) is 0 Å². The van der Waals surface area contributed by atoms with Crippen LogP contribution >= 0.6 is 23.2 Å². The molecule has 0 saturated heterocycles. The van der Waals surface area contributed by atoms with Gasteiger partial charge in [0.05, 0.1) is 0 Å². The molecule has 2 unspecified atom stereocenters. The van der Waals surface area contributed by atoms with E-state index in [0.717, 1.165) is 22.9 Å². The fraction of sp³-hybridized carbons (Fsp3) is 0.500. The molecule has 0 spiro atoms. The van der Waals surface area contributed by atoms with Crippen molar-refractivity contribution in [3.8, 4) is 0 Å². The van der Waals surface area contributed by atoms with Crippen molar-refractivity contribution in [3.63, 3.8) is 0 Å². The van der Waals surface area contributed by atoms with Gasteiger partial charge in [-0.3, -0.25) is 0 Å². The number of allylic oxidation sites excluding steroid dienone is 8. The van der Waals surface area contributed by atoms with E-state index in [1.807, 2.05) is 0 Å². The van der Waals surface area contributed by atoms with E-state index in [1.54, 1.807) is 0 Å². The van der Waals surface area contributed by atoms with Crippen LogP contribution in [0.25, 0.3) is 0 Å². The van der Waals surface area contributed by atoms with Crippen molar-refractivity contribution in [1.29, 1.82) is 0 Å². The highest BCUT2D eigenvalue weighted by atomic mass is 35.5. The molecule has 2 atom stereocenters. The molecule has 98 valence electrons. The van der Waals surface area contributed by atoms with Crippen LogP contribution in [0.15, 0.2) is 44.5 Å². The summed E-state index contributed by atoms with van der Waals surface area (Å²) in [5.74, 6) is 0.775. The Morgan fingerprint density at radius 1 is 0.833 bits per heavy atom. The van der Waals surface area contributed by atoms with Crippen molar-refractivity contribution in [3.05, 3.63) is 44.5 Å². The molecule has 0 amide bonds. The van der Waals surface area contributed by atoms with Gasteiger partial charge in [0.15, 0.2) is 0 Å². The number of rotatable bonds is 3. The molecule has 0 aromatic rings. The Kier molecular flexibility index (Phi) is 4.08. The summed E-state index contributed by atoms with van der Waals surface area (Å²) in [7, 11) is 0. The lowest BCUT2D eigenvalue weighted by atomic mass is 9.99. The quantitative estimate of drug-likeness (QED) is 0.601. The minimum Gasteiger partial charge on any atom is -0.0882 e. The fourth-order valence-electron chi connectivity index (χ4n) is 2.80. The van der Waals surface area contributed by atoms with Crippen LogP contribution in [-0.2, 0) is 0 Å². The van der Waals surface area contributed by atoms with E-state index in [4.69, 9.17) is 23.2 Å². The third-order valence-corrected chi connectivity index (χ3v) is 5.30. The molecular formula is C16H20Cl2. The second-order valence-electron chi connectivity index (χ2n) is 5.41. The second-order valence-corrected chi connectivity index (χ2v) is 6.22. The van der Waals surface area contributed by atoms with Crippen LogP contribution < -0.4 is 0 Å². The maximum Gasteiger partial charge on any atom is 0.0278 e. The lowest BCUT2D eigenvalue weighted by molar-refractivity contribution is 0.904. The molecule has 0 N–H and O–H groups in total. The third kappa shape index (κ3) is 2.46. The van der Waals surface area contributed by atoms with Gasteiger partial charge in [0, 0.05) is 21.9 Å². The van der Waals surface area contributed by atoms with Crippen LogP contribution in [0.1, 0.15) is 40.5 Å². The Morgan fingerprint density at radius 3 is 1.39 bits per heavy atom. The van der Waals surface area contributed by atoms with Crippen molar-refractivity contribution in [1.82, 2.24) is 0 Å². The highest BCUT2D eigenvalue weighted by Crippen LogP contribution is 2.39. The predicted molar refractivity (Wildman–Crippen MR) is 80.8 cm³/mol. The van der Waals surface area contributed by atoms with Gasteiger partial charge in [-0.1, -0.05) is 49.2 Å². The molecule has 0 aromatic heterocycles. The van der Waals surface area contributed by atoms with E-state index >= 15 is 0 Å². The highest BCUT2D eigenvalue weighted by molar-refractivity contribution is 6.31. The lowest BCUT2D eigenvalue weighted by Crippen LogP contribution is -1.88. The Bertz CT molecular complexity index is 443. The van der Waals surface area contributed by atoms with Crippen LogP contribution in [0.5, 0.6) is 0 Å². The smallest absolute Gasteiger partial charge is 0.0278 e. The molecule has 2 aliphatic carbocycles. The van der Waals surface area contributed by atoms with Gasteiger partial charge in [0.25, 0.3) is 0 Å². The molecule has 2 aliphatic rings. The molecule has 0 aromatic carbocycles. The van der Waals surface area contributed by atoms with E-state index in [0.29, 0.717) is 11.8 Å². The standard InChI is InChI=1S/C16H20Cl2/c1-9-7-13(11(3)15(9)17)5-6-14-8-10(2)16(18)12(14)4/h7-10H,5-6H2,1-4H3. The van der Waals surface area contributed by atoms with Gasteiger partial charge in [-0.05, 0) is 49.0 Å². The highest BCUT2D eigenvalue weighted by Gasteiger charge is 2.21. The average molecular weight is 283 g/mol. The number of halogens is 2. The van der Waals surface area contributed by atoms with Gasteiger partial charge in [0.2, 0.25) is 0 Å². The Hall–Kier alpha value is -0.460. The molecule has 2 heteroatoms. The maximum absolute atomic E-state index is 6.26. The zero-order valence-corrected chi connectivity index (χ0v) is 13.0. The van der Waals surface area contributed by atoms with Crippen molar-refractivity contribution >= 4 is 23.2 Å². The minimum atomic E-state index is 0.387. The van der Waals surface area contributed by atoms with Gasteiger partial charge in [-0.25, -0.2) is 0 Å².